The van der Waals surface area contributed by atoms with Gasteiger partial charge in [-0.1, -0.05) is 12.8 Å². The summed E-state index contributed by atoms with van der Waals surface area (Å²) in [6, 6.07) is 1.73. The fourth-order valence-electron chi connectivity index (χ4n) is 4.89. The molecule has 3 fully saturated rings. The summed E-state index contributed by atoms with van der Waals surface area (Å²) in [5.41, 5.74) is 0.908. The van der Waals surface area contributed by atoms with E-state index in [0.717, 1.165) is 24.8 Å². The molecule has 4 rings (SSSR count). The summed E-state index contributed by atoms with van der Waals surface area (Å²) in [4.78, 5) is 15.0. The van der Waals surface area contributed by atoms with E-state index in [1.54, 1.807) is 0 Å². The number of piperidine rings is 1. The number of nitrogens with zero attached hydrogens (tertiary/aromatic N) is 1. The van der Waals surface area contributed by atoms with Crippen molar-refractivity contribution in [3.63, 3.8) is 0 Å². The number of ether oxygens (including phenoxy) is 1. The van der Waals surface area contributed by atoms with Crippen molar-refractivity contribution in [3.05, 3.63) is 11.8 Å². The molecule has 4 unspecified atom stereocenters. The van der Waals surface area contributed by atoms with Gasteiger partial charge in [-0.2, -0.15) is 0 Å². The summed E-state index contributed by atoms with van der Waals surface area (Å²) in [5.74, 6) is 0.347. The summed E-state index contributed by atoms with van der Waals surface area (Å²) in [7, 11) is 2.22. The third-order valence-electron chi connectivity index (χ3n) is 6.18. The standard InChI is InChI=1S/C17H26N2O2/c1-19-11-6-7-12(19)9-13(8-11)21-17(20)15-10-18-16-5-3-2-4-14(15)16/h10-14,16,18H,2-9H2,1H3. The first-order valence-corrected chi connectivity index (χ1v) is 8.61. The minimum absolute atomic E-state index is 0.0501. The molecule has 3 heterocycles. The van der Waals surface area contributed by atoms with Crippen molar-refractivity contribution in [3.8, 4) is 0 Å². The van der Waals surface area contributed by atoms with Gasteiger partial charge in [-0.05, 0) is 32.7 Å². The summed E-state index contributed by atoms with van der Waals surface area (Å²) in [6.07, 6.45) is 11.5. The quantitative estimate of drug-likeness (QED) is 0.792. The highest BCUT2D eigenvalue weighted by molar-refractivity contribution is 5.89. The first kappa shape index (κ1) is 13.6. The number of esters is 1. The van der Waals surface area contributed by atoms with E-state index in [-0.39, 0.29) is 12.1 Å². The second-order valence-electron chi connectivity index (χ2n) is 7.31. The van der Waals surface area contributed by atoms with Crippen molar-refractivity contribution in [1.29, 1.82) is 0 Å². The van der Waals surface area contributed by atoms with Gasteiger partial charge in [0.2, 0.25) is 0 Å². The Balaban J connectivity index is 1.38. The van der Waals surface area contributed by atoms with Crippen LogP contribution in [0.15, 0.2) is 11.8 Å². The molecule has 4 aliphatic rings. The van der Waals surface area contributed by atoms with Gasteiger partial charge in [-0.15, -0.1) is 0 Å². The molecule has 3 aliphatic heterocycles. The van der Waals surface area contributed by atoms with Crippen LogP contribution >= 0.6 is 0 Å². The molecule has 2 bridgehead atoms. The van der Waals surface area contributed by atoms with Crippen LogP contribution in [0.1, 0.15) is 51.4 Å². The van der Waals surface area contributed by atoms with E-state index in [2.05, 4.69) is 17.3 Å². The molecule has 1 N–H and O–H groups in total. The average molecular weight is 290 g/mol. The third-order valence-corrected chi connectivity index (χ3v) is 6.18. The number of fused-ring (bicyclic) bond motifs is 3. The maximum atomic E-state index is 12.5. The minimum Gasteiger partial charge on any atom is -0.459 e. The Morgan fingerprint density at radius 1 is 1.19 bits per heavy atom. The van der Waals surface area contributed by atoms with Crippen LogP contribution in [0.3, 0.4) is 0 Å². The molecule has 0 aromatic carbocycles. The van der Waals surface area contributed by atoms with E-state index in [9.17, 15) is 4.79 Å². The Morgan fingerprint density at radius 2 is 1.90 bits per heavy atom. The molecule has 1 saturated carbocycles. The number of nitrogens with one attached hydrogen (secondary N) is 1. The lowest BCUT2D eigenvalue weighted by Gasteiger charge is -2.36. The van der Waals surface area contributed by atoms with Crippen molar-refractivity contribution >= 4 is 5.97 Å². The summed E-state index contributed by atoms with van der Waals surface area (Å²) in [5, 5.41) is 3.39. The molecule has 0 aromatic heterocycles. The van der Waals surface area contributed by atoms with Crippen LogP contribution in [-0.2, 0) is 9.53 Å². The van der Waals surface area contributed by atoms with Crippen LogP contribution in [-0.4, -0.2) is 42.1 Å². The Labute approximate surface area is 126 Å². The third kappa shape index (κ3) is 2.37. The molecular weight excluding hydrogens is 264 g/mol. The fraction of sp³-hybridized carbons (Fsp3) is 0.824. The molecule has 0 radical (unpaired) electrons. The number of hydrogen-bond donors (Lipinski definition) is 1. The van der Waals surface area contributed by atoms with Crippen molar-refractivity contribution < 1.29 is 9.53 Å². The summed E-state index contributed by atoms with van der Waals surface area (Å²) >= 11 is 0. The van der Waals surface area contributed by atoms with Gasteiger partial charge in [-0.3, -0.25) is 0 Å². The van der Waals surface area contributed by atoms with Crippen LogP contribution in [0.5, 0.6) is 0 Å². The zero-order chi connectivity index (χ0) is 14.4. The SMILES string of the molecule is CN1C2CCC1CC(OC(=O)C1=CNC3CCCCC13)C2. The number of hydrogen-bond acceptors (Lipinski definition) is 4. The van der Waals surface area contributed by atoms with Crippen molar-refractivity contribution in [1.82, 2.24) is 10.2 Å². The zero-order valence-electron chi connectivity index (χ0n) is 12.9. The van der Waals surface area contributed by atoms with Gasteiger partial charge < -0.3 is 15.0 Å². The minimum atomic E-state index is -0.0501. The van der Waals surface area contributed by atoms with Gasteiger partial charge in [0.25, 0.3) is 0 Å². The van der Waals surface area contributed by atoms with E-state index >= 15 is 0 Å². The molecule has 0 spiro atoms. The van der Waals surface area contributed by atoms with Gasteiger partial charge in [0.1, 0.15) is 6.10 Å². The van der Waals surface area contributed by atoms with Crippen LogP contribution in [0.2, 0.25) is 0 Å². The van der Waals surface area contributed by atoms with E-state index in [1.165, 1.54) is 32.1 Å². The predicted octanol–water partition coefficient (Wildman–Crippen LogP) is 2.20. The van der Waals surface area contributed by atoms with E-state index in [0.29, 0.717) is 24.0 Å². The smallest absolute Gasteiger partial charge is 0.336 e. The molecule has 4 atom stereocenters. The van der Waals surface area contributed by atoms with Crippen molar-refractivity contribution in [2.75, 3.05) is 7.05 Å². The normalized spacial score (nSPS) is 42.1. The fourth-order valence-corrected chi connectivity index (χ4v) is 4.89. The van der Waals surface area contributed by atoms with Gasteiger partial charge in [0.15, 0.2) is 0 Å². The van der Waals surface area contributed by atoms with Gasteiger partial charge in [0, 0.05) is 43.1 Å². The van der Waals surface area contributed by atoms with E-state index in [1.807, 2.05) is 6.20 Å². The van der Waals surface area contributed by atoms with Crippen LogP contribution in [0.4, 0.5) is 0 Å². The number of carbonyl (C=O) groups excluding carboxylic acids is 1. The van der Waals surface area contributed by atoms with Gasteiger partial charge in [0.05, 0.1) is 5.57 Å². The average Bonchev–Trinajstić information content (AvgIpc) is 2.98. The largest absolute Gasteiger partial charge is 0.459 e. The zero-order valence-corrected chi connectivity index (χ0v) is 12.9. The maximum absolute atomic E-state index is 12.5. The topological polar surface area (TPSA) is 41.6 Å². The lowest BCUT2D eigenvalue weighted by molar-refractivity contribution is -0.148. The lowest BCUT2D eigenvalue weighted by atomic mass is 9.82. The van der Waals surface area contributed by atoms with Crippen LogP contribution < -0.4 is 5.32 Å². The highest BCUT2D eigenvalue weighted by atomic mass is 16.5. The number of carbonyl (C=O) groups is 1. The maximum Gasteiger partial charge on any atom is 0.336 e. The number of rotatable bonds is 2. The molecule has 4 nitrogen and oxygen atoms in total. The first-order chi connectivity index (χ1) is 10.2. The summed E-state index contributed by atoms with van der Waals surface area (Å²) in [6.45, 7) is 0. The Morgan fingerprint density at radius 3 is 2.67 bits per heavy atom. The Bertz CT molecular complexity index is 448. The van der Waals surface area contributed by atoms with E-state index in [4.69, 9.17) is 4.74 Å². The monoisotopic (exact) mass is 290 g/mol. The van der Waals surface area contributed by atoms with E-state index < -0.39 is 0 Å². The van der Waals surface area contributed by atoms with Gasteiger partial charge >= 0.3 is 5.97 Å². The molecule has 1 aliphatic carbocycles. The lowest BCUT2D eigenvalue weighted by Crippen LogP contribution is -2.43. The Hall–Kier alpha value is -1.03. The summed E-state index contributed by atoms with van der Waals surface area (Å²) < 4.78 is 5.88. The molecule has 4 heteroatoms. The Kier molecular flexibility index (Phi) is 3.44. The second-order valence-corrected chi connectivity index (χ2v) is 7.31. The first-order valence-electron chi connectivity index (χ1n) is 8.61. The highest BCUT2D eigenvalue weighted by Gasteiger charge is 2.41. The molecule has 2 saturated heterocycles. The molecular formula is C17H26N2O2. The van der Waals surface area contributed by atoms with Crippen molar-refractivity contribution in [2.24, 2.45) is 5.92 Å². The van der Waals surface area contributed by atoms with Crippen molar-refractivity contribution in [2.45, 2.75) is 75.6 Å². The molecule has 0 amide bonds. The molecule has 0 aromatic rings. The highest BCUT2D eigenvalue weighted by Crippen LogP contribution is 2.38. The van der Waals surface area contributed by atoms with Crippen LogP contribution in [0.25, 0.3) is 0 Å². The predicted molar refractivity (Wildman–Crippen MR) is 80.7 cm³/mol. The second kappa shape index (κ2) is 5.31. The van der Waals surface area contributed by atoms with Gasteiger partial charge in [-0.25, -0.2) is 4.79 Å². The molecule has 21 heavy (non-hydrogen) atoms. The van der Waals surface area contributed by atoms with Crippen LogP contribution in [0, 0.1) is 5.92 Å². The molecule has 116 valence electrons.